The van der Waals surface area contributed by atoms with Crippen molar-refractivity contribution in [3.05, 3.63) is 52.2 Å². The minimum atomic E-state index is -0.518. The SMILES string of the molecule is Nc1ccccc1C(O)CN(Cc1ccsc1)C1CC1. The number of anilines is 1. The average Bonchev–Trinajstić information content (AvgIpc) is 3.17. The summed E-state index contributed by atoms with van der Waals surface area (Å²) < 4.78 is 0. The highest BCUT2D eigenvalue weighted by Gasteiger charge is 2.30. The maximum atomic E-state index is 10.5. The molecule has 1 atom stereocenters. The van der Waals surface area contributed by atoms with E-state index in [1.54, 1.807) is 11.3 Å². The van der Waals surface area contributed by atoms with Crippen LogP contribution in [-0.4, -0.2) is 22.6 Å². The van der Waals surface area contributed by atoms with Gasteiger partial charge in [0.25, 0.3) is 0 Å². The van der Waals surface area contributed by atoms with Gasteiger partial charge >= 0.3 is 0 Å². The Labute approximate surface area is 123 Å². The molecule has 3 nitrogen and oxygen atoms in total. The van der Waals surface area contributed by atoms with Crippen LogP contribution in [0.15, 0.2) is 41.1 Å². The molecule has 3 rings (SSSR count). The minimum absolute atomic E-state index is 0.518. The number of aliphatic hydroxyl groups is 1. The highest BCUT2D eigenvalue weighted by atomic mass is 32.1. The lowest BCUT2D eigenvalue weighted by molar-refractivity contribution is 0.105. The van der Waals surface area contributed by atoms with Crippen LogP contribution in [0.2, 0.25) is 0 Å². The van der Waals surface area contributed by atoms with Crippen molar-refractivity contribution in [2.75, 3.05) is 12.3 Å². The van der Waals surface area contributed by atoms with Crippen molar-refractivity contribution in [3.63, 3.8) is 0 Å². The van der Waals surface area contributed by atoms with E-state index in [9.17, 15) is 5.11 Å². The number of thiophene rings is 1. The molecule has 4 heteroatoms. The largest absolute Gasteiger partial charge is 0.398 e. The van der Waals surface area contributed by atoms with Crippen molar-refractivity contribution in [3.8, 4) is 0 Å². The fourth-order valence-corrected chi connectivity index (χ4v) is 3.19. The van der Waals surface area contributed by atoms with Crippen LogP contribution in [0.25, 0.3) is 0 Å². The Morgan fingerprint density at radius 1 is 1.30 bits per heavy atom. The topological polar surface area (TPSA) is 49.5 Å². The zero-order valence-corrected chi connectivity index (χ0v) is 12.2. The number of hydrogen-bond donors (Lipinski definition) is 2. The number of nitrogens with two attached hydrogens (primary N) is 1. The van der Waals surface area contributed by atoms with Gasteiger partial charge in [-0.25, -0.2) is 0 Å². The van der Waals surface area contributed by atoms with Gasteiger partial charge in [-0.15, -0.1) is 0 Å². The average molecular weight is 288 g/mol. The lowest BCUT2D eigenvalue weighted by Gasteiger charge is -2.25. The molecule has 106 valence electrons. The van der Waals surface area contributed by atoms with E-state index in [0.717, 1.165) is 12.1 Å². The van der Waals surface area contributed by atoms with Crippen molar-refractivity contribution in [2.45, 2.75) is 31.5 Å². The van der Waals surface area contributed by atoms with E-state index in [0.29, 0.717) is 18.3 Å². The molecule has 1 heterocycles. The Morgan fingerprint density at radius 3 is 2.75 bits per heavy atom. The van der Waals surface area contributed by atoms with E-state index in [2.05, 4.69) is 21.7 Å². The van der Waals surface area contributed by atoms with Gasteiger partial charge in [-0.2, -0.15) is 11.3 Å². The fourth-order valence-electron chi connectivity index (χ4n) is 2.53. The molecule has 0 spiro atoms. The van der Waals surface area contributed by atoms with Crippen molar-refractivity contribution in [1.29, 1.82) is 0 Å². The summed E-state index contributed by atoms with van der Waals surface area (Å²) in [6.07, 6.45) is 1.96. The molecule has 0 saturated heterocycles. The smallest absolute Gasteiger partial charge is 0.0936 e. The third kappa shape index (κ3) is 3.20. The van der Waals surface area contributed by atoms with E-state index in [4.69, 9.17) is 5.73 Å². The zero-order chi connectivity index (χ0) is 13.9. The molecule has 0 amide bonds. The molecule has 1 saturated carbocycles. The number of hydrogen-bond acceptors (Lipinski definition) is 4. The third-order valence-corrected chi connectivity index (χ3v) is 4.52. The maximum Gasteiger partial charge on any atom is 0.0936 e. The standard InChI is InChI=1S/C16H20N2OS/c17-15-4-2-1-3-14(15)16(19)10-18(13-5-6-13)9-12-7-8-20-11-12/h1-4,7-8,11,13,16,19H,5-6,9-10,17H2. The number of nitrogen functional groups attached to an aromatic ring is 1. The molecule has 1 aliphatic carbocycles. The van der Waals surface area contributed by atoms with E-state index >= 15 is 0 Å². The van der Waals surface area contributed by atoms with Crippen LogP contribution in [0.3, 0.4) is 0 Å². The van der Waals surface area contributed by atoms with Crippen LogP contribution in [0.5, 0.6) is 0 Å². The number of nitrogens with zero attached hydrogens (tertiary/aromatic N) is 1. The monoisotopic (exact) mass is 288 g/mol. The summed E-state index contributed by atoms with van der Waals surface area (Å²) in [5.74, 6) is 0. The molecule has 1 aliphatic rings. The molecule has 20 heavy (non-hydrogen) atoms. The van der Waals surface area contributed by atoms with Crippen LogP contribution in [-0.2, 0) is 6.54 Å². The molecular weight excluding hydrogens is 268 g/mol. The van der Waals surface area contributed by atoms with Crippen LogP contribution in [0.4, 0.5) is 5.69 Å². The summed E-state index contributed by atoms with van der Waals surface area (Å²) in [6, 6.07) is 10.4. The fraction of sp³-hybridized carbons (Fsp3) is 0.375. The summed E-state index contributed by atoms with van der Waals surface area (Å²) in [5, 5.41) is 14.7. The van der Waals surface area contributed by atoms with Crippen molar-refractivity contribution in [1.82, 2.24) is 4.90 Å². The Kier molecular flexibility index (Phi) is 4.05. The normalized spacial score (nSPS) is 16.5. The first-order chi connectivity index (χ1) is 9.74. The van der Waals surface area contributed by atoms with Gasteiger partial charge in [-0.05, 0) is 41.3 Å². The van der Waals surface area contributed by atoms with Crippen molar-refractivity contribution >= 4 is 17.0 Å². The van der Waals surface area contributed by atoms with Crippen LogP contribution >= 0.6 is 11.3 Å². The van der Waals surface area contributed by atoms with Gasteiger partial charge in [0.05, 0.1) is 6.10 Å². The van der Waals surface area contributed by atoms with Crippen LogP contribution < -0.4 is 5.73 Å². The number of aliphatic hydroxyl groups excluding tert-OH is 1. The Hall–Kier alpha value is -1.36. The zero-order valence-electron chi connectivity index (χ0n) is 11.4. The van der Waals surface area contributed by atoms with Gasteiger partial charge in [0.2, 0.25) is 0 Å². The van der Waals surface area contributed by atoms with Crippen molar-refractivity contribution < 1.29 is 5.11 Å². The molecule has 3 N–H and O–H groups in total. The first-order valence-corrected chi connectivity index (χ1v) is 7.96. The summed E-state index contributed by atoms with van der Waals surface area (Å²) in [7, 11) is 0. The van der Waals surface area contributed by atoms with Crippen LogP contribution in [0, 0.1) is 0 Å². The van der Waals surface area contributed by atoms with Gasteiger partial charge < -0.3 is 10.8 Å². The van der Waals surface area contributed by atoms with E-state index < -0.39 is 6.10 Å². The number of para-hydroxylation sites is 1. The second kappa shape index (κ2) is 5.95. The second-order valence-corrected chi connectivity index (χ2v) is 6.22. The molecule has 0 bridgehead atoms. The maximum absolute atomic E-state index is 10.5. The minimum Gasteiger partial charge on any atom is -0.398 e. The lowest BCUT2D eigenvalue weighted by Crippen LogP contribution is -2.30. The Bertz CT molecular complexity index is 551. The highest BCUT2D eigenvalue weighted by Crippen LogP contribution is 2.31. The number of rotatable bonds is 6. The quantitative estimate of drug-likeness (QED) is 0.803. The number of benzene rings is 1. The first kappa shape index (κ1) is 13.6. The summed E-state index contributed by atoms with van der Waals surface area (Å²) in [5.41, 5.74) is 8.79. The molecule has 1 fully saturated rings. The summed E-state index contributed by atoms with van der Waals surface area (Å²) in [6.45, 7) is 1.56. The Balaban J connectivity index is 1.68. The predicted molar refractivity (Wildman–Crippen MR) is 83.6 cm³/mol. The molecule has 1 unspecified atom stereocenters. The summed E-state index contributed by atoms with van der Waals surface area (Å²) >= 11 is 1.72. The van der Waals surface area contributed by atoms with Gasteiger partial charge in [0, 0.05) is 30.4 Å². The predicted octanol–water partition coefficient (Wildman–Crippen LogP) is 3.03. The van der Waals surface area contributed by atoms with Gasteiger partial charge in [-0.3, -0.25) is 4.90 Å². The second-order valence-electron chi connectivity index (χ2n) is 5.44. The molecule has 0 radical (unpaired) electrons. The van der Waals surface area contributed by atoms with E-state index in [-0.39, 0.29) is 0 Å². The van der Waals surface area contributed by atoms with Gasteiger partial charge in [0.1, 0.15) is 0 Å². The van der Waals surface area contributed by atoms with Crippen molar-refractivity contribution in [2.24, 2.45) is 0 Å². The highest BCUT2D eigenvalue weighted by molar-refractivity contribution is 7.07. The molecular formula is C16H20N2OS. The molecule has 1 aromatic carbocycles. The van der Waals surface area contributed by atoms with E-state index in [1.807, 2.05) is 24.3 Å². The van der Waals surface area contributed by atoms with E-state index in [1.165, 1.54) is 18.4 Å². The van der Waals surface area contributed by atoms with Gasteiger partial charge in [-0.1, -0.05) is 18.2 Å². The summed E-state index contributed by atoms with van der Waals surface area (Å²) in [4.78, 5) is 2.37. The lowest BCUT2D eigenvalue weighted by atomic mass is 10.1. The molecule has 0 aliphatic heterocycles. The molecule has 1 aromatic heterocycles. The Morgan fingerprint density at radius 2 is 2.10 bits per heavy atom. The first-order valence-electron chi connectivity index (χ1n) is 7.01. The third-order valence-electron chi connectivity index (χ3n) is 3.79. The molecule has 2 aromatic rings. The van der Waals surface area contributed by atoms with Gasteiger partial charge in [0.15, 0.2) is 0 Å². The van der Waals surface area contributed by atoms with Crippen LogP contribution in [0.1, 0.15) is 30.1 Å².